The van der Waals surface area contributed by atoms with Crippen molar-refractivity contribution in [1.29, 1.82) is 0 Å². The van der Waals surface area contributed by atoms with E-state index in [0.29, 0.717) is 12.0 Å². The second kappa shape index (κ2) is 7.77. The van der Waals surface area contributed by atoms with E-state index in [0.717, 1.165) is 42.5 Å². The first-order chi connectivity index (χ1) is 13.8. The van der Waals surface area contributed by atoms with Gasteiger partial charge >= 0.3 is 0 Å². The van der Waals surface area contributed by atoms with Gasteiger partial charge in [0.1, 0.15) is 0 Å². The van der Waals surface area contributed by atoms with Crippen LogP contribution in [0.1, 0.15) is 34.1 Å². The molecule has 0 spiro atoms. The normalized spacial score (nSPS) is 20.5. The maximum absolute atomic E-state index is 13.5. The first-order valence-electron chi connectivity index (χ1n) is 9.61. The summed E-state index contributed by atoms with van der Waals surface area (Å²) >= 11 is 1.63. The Bertz CT molecular complexity index is 1040. The molecule has 1 fully saturated rings. The fourth-order valence-electron chi connectivity index (χ4n) is 3.94. The van der Waals surface area contributed by atoms with E-state index >= 15 is 0 Å². The van der Waals surface area contributed by atoms with Crippen LogP contribution in [0.25, 0.3) is 0 Å². The number of thiophene rings is 1. The van der Waals surface area contributed by atoms with Gasteiger partial charge in [0, 0.05) is 36.4 Å². The summed E-state index contributed by atoms with van der Waals surface area (Å²) in [6.07, 6.45) is 2.99. The lowest BCUT2D eigenvalue weighted by atomic mass is 9.88. The van der Waals surface area contributed by atoms with Gasteiger partial charge in [0.15, 0.2) is 11.6 Å². The average molecular weight is 441 g/mol. The number of hydrogen-bond acceptors (Lipinski definition) is 4. The molecule has 1 atom stereocenters. The van der Waals surface area contributed by atoms with Gasteiger partial charge in [0.25, 0.3) is 5.91 Å². The lowest BCUT2D eigenvalue weighted by molar-refractivity contribution is 0.0697. The third-order valence-electron chi connectivity index (χ3n) is 5.69. The summed E-state index contributed by atoms with van der Waals surface area (Å²) in [4.78, 5) is 15.7. The van der Waals surface area contributed by atoms with Gasteiger partial charge in [-0.3, -0.25) is 4.79 Å². The number of amides is 1. The number of piperazine rings is 1. The molecule has 2 aliphatic rings. The summed E-state index contributed by atoms with van der Waals surface area (Å²) in [5.41, 5.74) is 1.89. The summed E-state index contributed by atoms with van der Waals surface area (Å²) in [5.74, 6) is -1.71. The molecule has 1 aromatic carbocycles. The van der Waals surface area contributed by atoms with Crippen molar-refractivity contribution in [2.45, 2.75) is 31.1 Å². The third kappa shape index (κ3) is 3.83. The number of carbonyl (C=O) groups is 1. The second-order valence-electron chi connectivity index (χ2n) is 7.67. The van der Waals surface area contributed by atoms with Crippen LogP contribution in [0.5, 0.6) is 0 Å². The molecule has 1 amide bonds. The Morgan fingerprint density at radius 2 is 1.86 bits per heavy atom. The van der Waals surface area contributed by atoms with Gasteiger partial charge in [0.2, 0.25) is 10.0 Å². The van der Waals surface area contributed by atoms with E-state index in [1.807, 2.05) is 5.38 Å². The molecule has 5 nitrogen and oxygen atoms in total. The topological polar surface area (TPSA) is 57.7 Å². The monoisotopic (exact) mass is 440 g/mol. The van der Waals surface area contributed by atoms with Crippen molar-refractivity contribution < 1.29 is 22.0 Å². The number of halogens is 2. The van der Waals surface area contributed by atoms with Crippen LogP contribution >= 0.6 is 11.3 Å². The van der Waals surface area contributed by atoms with E-state index in [2.05, 4.69) is 6.92 Å². The molecule has 2 aromatic rings. The van der Waals surface area contributed by atoms with Crippen LogP contribution in [0.4, 0.5) is 8.78 Å². The van der Waals surface area contributed by atoms with Crippen molar-refractivity contribution in [3.8, 4) is 0 Å². The molecule has 1 saturated heterocycles. The zero-order valence-electron chi connectivity index (χ0n) is 16.0. The molecule has 9 heteroatoms. The summed E-state index contributed by atoms with van der Waals surface area (Å²) < 4.78 is 53.2. The SMILES string of the molecule is CC1CCc2c(C(=O)N3CCN(S(=O)(=O)c4ccc(F)c(F)c4)CC3)csc2C1. The predicted octanol–water partition coefficient (Wildman–Crippen LogP) is 3.30. The van der Waals surface area contributed by atoms with Crippen molar-refractivity contribution in [2.75, 3.05) is 26.2 Å². The van der Waals surface area contributed by atoms with E-state index < -0.39 is 21.7 Å². The number of sulfonamides is 1. The van der Waals surface area contributed by atoms with Gasteiger partial charge in [-0.1, -0.05) is 6.92 Å². The minimum absolute atomic E-state index is 0.0538. The van der Waals surface area contributed by atoms with Crippen LogP contribution in [0, 0.1) is 17.6 Å². The van der Waals surface area contributed by atoms with Gasteiger partial charge in [-0.25, -0.2) is 17.2 Å². The predicted molar refractivity (Wildman–Crippen MR) is 107 cm³/mol. The van der Waals surface area contributed by atoms with Crippen LogP contribution in [-0.2, 0) is 22.9 Å². The van der Waals surface area contributed by atoms with E-state index in [1.54, 1.807) is 16.2 Å². The Hall–Kier alpha value is -1.84. The third-order valence-corrected chi connectivity index (χ3v) is 8.63. The van der Waals surface area contributed by atoms with Crippen molar-refractivity contribution >= 4 is 27.3 Å². The Labute approximate surface area is 173 Å². The minimum atomic E-state index is -3.93. The van der Waals surface area contributed by atoms with Gasteiger partial charge < -0.3 is 4.90 Å². The standard InChI is InChI=1S/C20H22F2N2O3S2/c1-13-2-4-15-16(12-28-19(15)10-13)20(25)23-6-8-24(9-7-23)29(26,27)14-3-5-17(21)18(22)11-14/h3,5,11-13H,2,4,6-10H2,1H3. The smallest absolute Gasteiger partial charge is 0.255 e. The van der Waals surface area contributed by atoms with Crippen LogP contribution < -0.4 is 0 Å². The average Bonchev–Trinajstić information content (AvgIpc) is 3.12. The zero-order valence-corrected chi connectivity index (χ0v) is 17.7. The van der Waals surface area contributed by atoms with Crippen molar-refractivity contribution in [3.05, 3.63) is 51.2 Å². The zero-order chi connectivity index (χ0) is 20.8. The van der Waals surface area contributed by atoms with Gasteiger partial charge in [-0.05, 0) is 48.9 Å². The summed E-state index contributed by atoms with van der Waals surface area (Å²) in [6.45, 7) is 3.00. The molecule has 0 bridgehead atoms. The maximum Gasteiger partial charge on any atom is 0.255 e. The molecule has 0 saturated carbocycles. The first-order valence-corrected chi connectivity index (χ1v) is 11.9. The molecule has 1 aliphatic heterocycles. The summed E-state index contributed by atoms with van der Waals surface area (Å²) in [5, 5.41) is 1.93. The van der Waals surface area contributed by atoms with Crippen molar-refractivity contribution in [2.24, 2.45) is 5.92 Å². The second-order valence-corrected chi connectivity index (χ2v) is 10.6. The quantitative estimate of drug-likeness (QED) is 0.736. The van der Waals surface area contributed by atoms with Gasteiger partial charge in [0.05, 0.1) is 10.5 Å². The van der Waals surface area contributed by atoms with Crippen molar-refractivity contribution in [3.63, 3.8) is 0 Å². The molecule has 1 aromatic heterocycles. The molecule has 0 N–H and O–H groups in total. The van der Waals surface area contributed by atoms with Gasteiger partial charge in [-0.2, -0.15) is 4.31 Å². The van der Waals surface area contributed by atoms with E-state index in [9.17, 15) is 22.0 Å². The molecule has 156 valence electrons. The summed E-state index contributed by atoms with van der Waals surface area (Å²) in [6, 6.07) is 2.56. The highest BCUT2D eigenvalue weighted by atomic mass is 32.2. The molecule has 29 heavy (non-hydrogen) atoms. The largest absolute Gasteiger partial charge is 0.336 e. The highest BCUT2D eigenvalue weighted by Crippen LogP contribution is 2.33. The number of nitrogens with zero attached hydrogens (tertiary/aromatic N) is 2. The van der Waals surface area contributed by atoms with E-state index in [1.165, 1.54) is 9.18 Å². The number of carbonyl (C=O) groups excluding carboxylic acids is 1. The molecule has 0 radical (unpaired) electrons. The lowest BCUT2D eigenvalue weighted by Gasteiger charge is -2.34. The number of hydrogen-bond donors (Lipinski definition) is 0. The van der Waals surface area contributed by atoms with Crippen LogP contribution in [0.3, 0.4) is 0 Å². The first kappa shape index (κ1) is 20.4. The molecular formula is C20H22F2N2O3S2. The summed E-state index contributed by atoms with van der Waals surface area (Å²) in [7, 11) is -3.93. The number of benzene rings is 1. The van der Waals surface area contributed by atoms with E-state index in [-0.39, 0.29) is 37.0 Å². The Kier molecular flexibility index (Phi) is 5.48. The Morgan fingerprint density at radius 3 is 2.55 bits per heavy atom. The fraction of sp³-hybridized carbons (Fsp3) is 0.450. The Balaban J connectivity index is 1.45. The Morgan fingerprint density at radius 1 is 1.14 bits per heavy atom. The highest BCUT2D eigenvalue weighted by molar-refractivity contribution is 7.89. The molecule has 1 aliphatic carbocycles. The molecule has 4 rings (SSSR count). The number of fused-ring (bicyclic) bond motifs is 1. The molecule has 2 heterocycles. The lowest BCUT2D eigenvalue weighted by Crippen LogP contribution is -2.50. The fourth-order valence-corrected chi connectivity index (χ4v) is 6.62. The molecule has 1 unspecified atom stereocenters. The molecular weight excluding hydrogens is 418 g/mol. The maximum atomic E-state index is 13.5. The highest BCUT2D eigenvalue weighted by Gasteiger charge is 2.32. The van der Waals surface area contributed by atoms with Gasteiger partial charge in [-0.15, -0.1) is 11.3 Å². The van der Waals surface area contributed by atoms with Crippen LogP contribution in [0.2, 0.25) is 0 Å². The number of rotatable bonds is 3. The van der Waals surface area contributed by atoms with Crippen LogP contribution in [-0.4, -0.2) is 49.7 Å². The minimum Gasteiger partial charge on any atom is -0.336 e. The van der Waals surface area contributed by atoms with E-state index in [4.69, 9.17) is 0 Å². The van der Waals surface area contributed by atoms with Crippen molar-refractivity contribution in [1.82, 2.24) is 9.21 Å². The van der Waals surface area contributed by atoms with Crippen LogP contribution in [0.15, 0.2) is 28.5 Å².